The minimum atomic E-state index is -3.16. The van der Waals surface area contributed by atoms with Crippen LogP contribution in [0.25, 0.3) is 0 Å². The van der Waals surface area contributed by atoms with Gasteiger partial charge in [-0.1, -0.05) is 20.8 Å². The predicted molar refractivity (Wildman–Crippen MR) is 122 cm³/mol. The van der Waals surface area contributed by atoms with E-state index in [0.29, 0.717) is 31.3 Å². The fourth-order valence-electron chi connectivity index (χ4n) is 3.95. The molecule has 3 amide bonds. The molecule has 2 fully saturated rings. The number of carbonyl (C=O) groups excluding carboxylic acids is 3. The second-order valence-corrected chi connectivity index (χ2v) is 9.88. The number of benzene rings is 1. The van der Waals surface area contributed by atoms with Gasteiger partial charge >= 0.3 is 6.61 Å². The van der Waals surface area contributed by atoms with E-state index >= 15 is 0 Å². The molecule has 1 heterocycles. The van der Waals surface area contributed by atoms with Crippen LogP contribution in [0.15, 0.2) is 18.2 Å². The molecule has 2 aliphatic rings. The van der Waals surface area contributed by atoms with Crippen molar-refractivity contribution in [2.45, 2.75) is 46.3 Å². The molecule has 3 rings (SSSR count). The van der Waals surface area contributed by atoms with Gasteiger partial charge in [0.1, 0.15) is 6.61 Å². The fourth-order valence-corrected chi connectivity index (χ4v) is 3.95. The number of amides is 3. The van der Waals surface area contributed by atoms with Gasteiger partial charge in [0, 0.05) is 31.4 Å². The van der Waals surface area contributed by atoms with Crippen molar-refractivity contribution in [3.8, 4) is 5.75 Å². The number of nitrogens with one attached hydrogen (secondary N) is 1. The zero-order valence-electron chi connectivity index (χ0n) is 19.7. The minimum absolute atomic E-state index is 0.0526. The molecule has 188 valence electrons. The van der Waals surface area contributed by atoms with Crippen molar-refractivity contribution in [2.24, 2.45) is 17.1 Å². The van der Waals surface area contributed by atoms with E-state index in [4.69, 9.17) is 10.5 Å². The molecular weight excluding hydrogens is 450 g/mol. The molecule has 1 aliphatic carbocycles. The van der Waals surface area contributed by atoms with Crippen molar-refractivity contribution < 1.29 is 32.6 Å². The van der Waals surface area contributed by atoms with Crippen LogP contribution >= 0.6 is 0 Å². The summed E-state index contributed by atoms with van der Waals surface area (Å²) in [5.74, 6) is -1.81. The Labute approximate surface area is 197 Å². The smallest absolute Gasteiger partial charge is 0.387 e. The van der Waals surface area contributed by atoms with Gasteiger partial charge in [-0.25, -0.2) is 0 Å². The number of nitrogens with two attached hydrogens (primary N) is 1. The summed E-state index contributed by atoms with van der Waals surface area (Å²) in [5, 5.41) is 2.53. The lowest BCUT2D eigenvalue weighted by Gasteiger charge is -2.34. The zero-order chi connectivity index (χ0) is 25.0. The normalized spacial score (nSPS) is 17.7. The molecule has 1 saturated carbocycles. The van der Waals surface area contributed by atoms with Gasteiger partial charge in [0.15, 0.2) is 11.8 Å². The van der Waals surface area contributed by atoms with E-state index < -0.39 is 24.5 Å². The van der Waals surface area contributed by atoms with Crippen LogP contribution in [0.5, 0.6) is 5.75 Å². The van der Waals surface area contributed by atoms with Gasteiger partial charge in [0.25, 0.3) is 11.8 Å². The molecule has 0 unspecified atom stereocenters. The number of halogens is 2. The molecule has 1 aromatic rings. The molecule has 0 aromatic heterocycles. The number of hydrogen-bond acceptors (Lipinski definition) is 6. The number of primary amides is 1. The highest BCUT2D eigenvalue weighted by Crippen LogP contribution is 2.34. The summed E-state index contributed by atoms with van der Waals surface area (Å²) < 4.78 is 36.0. The number of hydrogen-bond donors (Lipinski definition) is 2. The number of carbonyl (C=O) groups is 3. The SMILES string of the molecule is CC(C)(C)CN(CC1CC1)[C@H](C(N)=O)C(=O)Nc1ccc(N2CCOCC2=O)cc1OC(F)F. The van der Waals surface area contributed by atoms with Crippen molar-refractivity contribution in [1.29, 1.82) is 0 Å². The summed E-state index contributed by atoms with van der Waals surface area (Å²) in [4.78, 5) is 40.8. The fraction of sp³-hybridized carbons (Fsp3) is 0.609. The molecular formula is C23H32F2N4O5. The maximum Gasteiger partial charge on any atom is 0.387 e. The van der Waals surface area contributed by atoms with Crippen LogP contribution in [0.3, 0.4) is 0 Å². The van der Waals surface area contributed by atoms with Crippen molar-refractivity contribution in [3.63, 3.8) is 0 Å². The van der Waals surface area contributed by atoms with Gasteiger partial charge < -0.3 is 25.4 Å². The zero-order valence-corrected chi connectivity index (χ0v) is 19.7. The van der Waals surface area contributed by atoms with Crippen LogP contribution in [-0.2, 0) is 19.1 Å². The third kappa shape index (κ3) is 7.10. The molecule has 3 N–H and O–H groups in total. The topological polar surface area (TPSA) is 114 Å². The quantitative estimate of drug-likeness (QED) is 0.494. The number of ether oxygens (including phenoxy) is 2. The molecule has 0 bridgehead atoms. The summed E-state index contributed by atoms with van der Waals surface area (Å²) in [6, 6.07) is 2.84. The first-order valence-electron chi connectivity index (χ1n) is 11.3. The predicted octanol–water partition coefficient (Wildman–Crippen LogP) is 2.20. The van der Waals surface area contributed by atoms with Crippen molar-refractivity contribution in [2.75, 3.05) is 43.1 Å². The molecule has 1 aromatic carbocycles. The molecule has 1 saturated heterocycles. The van der Waals surface area contributed by atoms with Crippen LogP contribution in [0.2, 0.25) is 0 Å². The lowest BCUT2D eigenvalue weighted by Crippen LogP contribution is -2.54. The van der Waals surface area contributed by atoms with Gasteiger partial charge in [0.05, 0.1) is 12.3 Å². The number of morpholine rings is 1. The van der Waals surface area contributed by atoms with Crippen LogP contribution in [-0.4, -0.2) is 68.1 Å². The third-order valence-electron chi connectivity index (χ3n) is 5.49. The average Bonchev–Trinajstić information content (AvgIpc) is 3.52. The molecule has 34 heavy (non-hydrogen) atoms. The van der Waals surface area contributed by atoms with Crippen LogP contribution < -0.4 is 20.7 Å². The molecule has 1 aliphatic heterocycles. The van der Waals surface area contributed by atoms with E-state index in [0.717, 1.165) is 12.8 Å². The lowest BCUT2D eigenvalue weighted by molar-refractivity contribution is -0.133. The Morgan fingerprint density at radius 2 is 2.03 bits per heavy atom. The monoisotopic (exact) mass is 482 g/mol. The maximum absolute atomic E-state index is 13.2. The average molecular weight is 483 g/mol. The number of nitrogens with zero attached hydrogens (tertiary/aromatic N) is 2. The Balaban J connectivity index is 1.86. The Hall–Kier alpha value is -2.79. The number of alkyl halides is 2. The van der Waals surface area contributed by atoms with E-state index in [1.165, 1.54) is 23.1 Å². The second kappa shape index (κ2) is 10.6. The van der Waals surface area contributed by atoms with Gasteiger partial charge in [0.2, 0.25) is 5.91 Å². The van der Waals surface area contributed by atoms with Gasteiger partial charge in [-0.3, -0.25) is 19.3 Å². The Kier molecular flexibility index (Phi) is 8.09. The molecule has 11 heteroatoms. The summed E-state index contributed by atoms with van der Waals surface area (Å²) >= 11 is 0. The molecule has 0 spiro atoms. The first-order valence-corrected chi connectivity index (χ1v) is 11.3. The van der Waals surface area contributed by atoms with E-state index in [9.17, 15) is 23.2 Å². The largest absolute Gasteiger partial charge is 0.433 e. The van der Waals surface area contributed by atoms with E-state index in [1.807, 2.05) is 20.8 Å². The second-order valence-electron chi connectivity index (χ2n) is 9.88. The summed E-state index contributed by atoms with van der Waals surface area (Å²) in [6.07, 6.45) is 2.03. The van der Waals surface area contributed by atoms with Gasteiger partial charge in [-0.05, 0) is 36.3 Å². The highest BCUT2D eigenvalue weighted by Gasteiger charge is 2.37. The van der Waals surface area contributed by atoms with Gasteiger partial charge in [-0.2, -0.15) is 8.78 Å². The van der Waals surface area contributed by atoms with E-state index in [1.54, 1.807) is 4.90 Å². The van der Waals surface area contributed by atoms with Crippen molar-refractivity contribution >= 4 is 29.1 Å². The molecule has 9 nitrogen and oxygen atoms in total. The van der Waals surface area contributed by atoms with Crippen LogP contribution in [0, 0.1) is 11.3 Å². The third-order valence-corrected chi connectivity index (χ3v) is 5.49. The number of rotatable bonds is 10. The highest BCUT2D eigenvalue weighted by atomic mass is 19.3. The standard InChI is InChI=1S/C23H32F2N4O5/c1-23(2,3)13-28(11-14-4-5-14)19(20(26)31)21(32)27-16-7-6-15(10-17(16)34-22(24)25)29-8-9-33-12-18(29)30/h6-7,10,14,19,22H,4-5,8-9,11-13H2,1-3H3,(H2,26,31)(H,27,32)/t19-/m1/s1. The van der Waals surface area contributed by atoms with Gasteiger partial charge in [-0.15, -0.1) is 0 Å². The van der Waals surface area contributed by atoms with E-state index in [2.05, 4.69) is 10.1 Å². The molecule has 0 radical (unpaired) electrons. The number of anilines is 2. The summed E-state index contributed by atoms with van der Waals surface area (Å²) in [5.41, 5.74) is 5.68. The minimum Gasteiger partial charge on any atom is -0.433 e. The van der Waals surface area contributed by atoms with Crippen molar-refractivity contribution in [3.05, 3.63) is 18.2 Å². The summed E-state index contributed by atoms with van der Waals surface area (Å²) in [6.45, 7) is 4.24. The molecule has 1 atom stereocenters. The van der Waals surface area contributed by atoms with Crippen LogP contribution in [0.4, 0.5) is 20.2 Å². The highest BCUT2D eigenvalue weighted by molar-refractivity contribution is 6.10. The Morgan fingerprint density at radius 1 is 1.32 bits per heavy atom. The van der Waals surface area contributed by atoms with E-state index in [-0.39, 0.29) is 35.9 Å². The summed E-state index contributed by atoms with van der Waals surface area (Å²) in [7, 11) is 0. The lowest BCUT2D eigenvalue weighted by atomic mass is 9.94. The Morgan fingerprint density at radius 3 is 2.59 bits per heavy atom. The van der Waals surface area contributed by atoms with Crippen LogP contribution in [0.1, 0.15) is 33.6 Å². The Bertz CT molecular complexity index is 917. The van der Waals surface area contributed by atoms with Crippen molar-refractivity contribution in [1.82, 2.24) is 4.90 Å². The first kappa shape index (κ1) is 25.8. The first-order chi connectivity index (χ1) is 15.9. The maximum atomic E-state index is 13.2.